The van der Waals surface area contributed by atoms with Crippen molar-refractivity contribution in [1.82, 2.24) is 14.9 Å². The number of unbranched alkanes of at least 4 members (excludes halogenated alkanes) is 5. The van der Waals surface area contributed by atoms with E-state index in [1.54, 1.807) is 0 Å². The van der Waals surface area contributed by atoms with Crippen LogP contribution in [-0.2, 0) is 0 Å². The van der Waals surface area contributed by atoms with Gasteiger partial charge in [-0.15, -0.1) is 24.8 Å². The molecule has 1 amide bonds. The molecule has 0 fully saturated rings. The number of nitrogen functional groups attached to an aromatic ring is 2. The van der Waals surface area contributed by atoms with Gasteiger partial charge in [-0.25, -0.2) is 9.97 Å². The van der Waals surface area contributed by atoms with Gasteiger partial charge in [-0.05, 0) is 19.4 Å². The van der Waals surface area contributed by atoms with Crippen LogP contribution in [0.5, 0.6) is 0 Å². The molecule has 1 heterocycles. The predicted octanol–water partition coefficient (Wildman–Crippen LogP) is 1.77. The summed E-state index contributed by atoms with van der Waals surface area (Å²) < 4.78 is 0. The Bertz CT molecular complexity index is 588. The number of amides is 1. The van der Waals surface area contributed by atoms with E-state index in [1.165, 1.54) is 0 Å². The molecule has 12 heteroatoms. The van der Waals surface area contributed by atoms with Crippen LogP contribution in [0.3, 0.4) is 0 Å². The minimum absolute atomic E-state index is 0. The monoisotopic (exact) mass is 428 g/mol. The number of hydrogen-bond acceptors (Lipinski definition) is 7. The lowest BCUT2D eigenvalue weighted by atomic mass is 10.1. The second kappa shape index (κ2) is 13.6. The zero-order chi connectivity index (χ0) is 18.1. The van der Waals surface area contributed by atoms with E-state index in [1.807, 2.05) is 0 Å². The zero-order valence-corrected chi connectivity index (χ0v) is 16.8. The number of halogens is 3. The molecule has 26 heavy (non-hydrogen) atoms. The van der Waals surface area contributed by atoms with Gasteiger partial charge in [0, 0.05) is 6.54 Å². The molecule has 1 rings (SSSR count). The Morgan fingerprint density at radius 2 is 1.54 bits per heavy atom. The SMILES string of the molecule is Cl.Cl.N=C(N)N(CCCCCCCCN)C(=O)c1nc(Cl)c(N)nc1N. The molecule has 0 aromatic carbocycles. The van der Waals surface area contributed by atoms with Crippen LogP contribution in [-0.4, -0.2) is 39.8 Å². The fraction of sp³-hybridized carbons (Fsp3) is 0.571. The number of nitrogens with zero attached hydrogens (tertiary/aromatic N) is 3. The van der Waals surface area contributed by atoms with Gasteiger partial charge in [-0.1, -0.05) is 37.3 Å². The summed E-state index contributed by atoms with van der Waals surface area (Å²) in [7, 11) is 0. The lowest BCUT2D eigenvalue weighted by Crippen LogP contribution is -2.42. The van der Waals surface area contributed by atoms with E-state index in [-0.39, 0.29) is 53.3 Å². The molecule has 0 aliphatic rings. The van der Waals surface area contributed by atoms with E-state index in [0.717, 1.165) is 37.0 Å². The molecule has 0 saturated carbocycles. The second-order valence-electron chi connectivity index (χ2n) is 5.39. The van der Waals surface area contributed by atoms with Crippen LogP contribution < -0.4 is 22.9 Å². The highest BCUT2D eigenvalue weighted by Gasteiger charge is 2.23. The molecular weight excluding hydrogens is 403 g/mol. The van der Waals surface area contributed by atoms with Crippen molar-refractivity contribution >= 4 is 59.9 Å². The highest BCUT2D eigenvalue weighted by molar-refractivity contribution is 6.31. The van der Waals surface area contributed by atoms with E-state index in [0.29, 0.717) is 19.5 Å². The van der Waals surface area contributed by atoms with Crippen molar-refractivity contribution in [2.75, 3.05) is 24.6 Å². The van der Waals surface area contributed by atoms with Gasteiger partial charge in [0.2, 0.25) is 0 Å². The van der Waals surface area contributed by atoms with Crippen molar-refractivity contribution < 1.29 is 4.79 Å². The topological polar surface area (TPSA) is 174 Å². The molecule has 9 N–H and O–H groups in total. The van der Waals surface area contributed by atoms with Crippen molar-refractivity contribution in [3.05, 3.63) is 10.8 Å². The second-order valence-corrected chi connectivity index (χ2v) is 5.74. The van der Waals surface area contributed by atoms with Crippen LogP contribution in [0.15, 0.2) is 0 Å². The zero-order valence-electron chi connectivity index (χ0n) is 14.4. The molecule has 9 nitrogen and oxygen atoms in total. The molecule has 0 spiro atoms. The maximum atomic E-state index is 12.5. The van der Waals surface area contributed by atoms with E-state index >= 15 is 0 Å². The van der Waals surface area contributed by atoms with Crippen molar-refractivity contribution in [2.45, 2.75) is 38.5 Å². The Labute approximate surface area is 170 Å². The first kappa shape index (κ1) is 26.7. The molecule has 0 radical (unpaired) electrons. The molecule has 1 aromatic heterocycles. The average molecular weight is 430 g/mol. The number of hydrogen-bond donors (Lipinski definition) is 5. The van der Waals surface area contributed by atoms with Gasteiger partial charge < -0.3 is 22.9 Å². The van der Waals surface area contributed by atoms with Crippen molar-refractivity contribution in [3.63, 3.8) is 0 Å². The van der Waals surface area contributed by atoms with Crippen molar-refractivity contribution in [2.24, 2.45) is 11.5 Å². The summed E-state index contributed by atoms with van der Waals surface area (Å²) in [6, 6.07) is 0. The molecule has 0 aliphatic carbocycles. The standard InChI is InChI=1S/C14H25ClN8O.2ClH/c15-10-12(18)22-11(17)9(21-10)13(24)23(14(19)20)8-6-4-2-1-3-5-7-16;;/h1-8,16H2,(H3,19,20)(H4,17,18,22);2*1H. The normalized spacial score (nSPS) is 9.77. The Balaban J connectivity index is 0. The van der Waals surface area contributed by atoms with Gasteiger partial charge in [-0.2, -0.15) is 0 Å². The Morgan fingerprint density at radius 3 is 2.08 bits per heavy atom. The summed E-state index contributed by atoms with van der Waals surface area (Å²) in [4.78, 5) is 21.2. The highest BCUT2D eigenvalue weighted by Crippen LogP contribution is 2.19. The fourth-order valence-electron chi connectivity index (χ4n) is 2.18. The lowest BCUT2D eigenvalue weighted by molar-refractivity contribution is 0.0838. The summed E-state index contributed by atoms with van der Waals surface area (Å²) in [6.07, 6.45) is 5.89. The maximum absolute atomic E-state index is 12.5. The van der Waals surface area contributed by atoms with E-state index in [4.69, 9.17) is 39.9 Å². The largest absolute Gasteiger partial charge is 0.382 e. The summed E-state index contributed by atoms with van der Waals surface area (Å²) >= 11 is 5.78. The fourth-order valence-corrected chi connectivity index (χ4v) is 2.31. The quantitative estimate of drug-likeness (QED) is 0.226. The first-order valence-corrected chi connectivity index (χ1v) is 8.20. The summed E-state index contributed by atoms with van der Waals surface area (Å²) in [5.74, 6) is -1.19. The van der Waals surface area contributed by atoms with Crippen LogP contribution in [0, 0.1) is 5.41 Å². The number of carbonyl (C=O) groups excluding carboxylic acids is 1. The van der Waals surface area contributed by atoms with Gasteiger partial charge >= 0.3 is 0 Å². The van der Waals surface area contributed by atoms with Crippen LogP contribution in [0.2, 0.25) is 5.15 Å². The van der Waals surface area contributed by atoms with Crippen LogP contribution in [0.25, 0.3) is 0 Å². The highest BCUT2D eigenvalue weighted by atomic mass is 35.5. The first-order chi connectivity index (χ1) is 11.4. The molecule has 0 unspecified atom stereocenters. The Kier molecular flexibility index (Phi) is 14.0. The van der Waals surface area contributed by atoms with E-state index < -0.39 is 5.91 Å². The number of carbonyl (C=O) groups is 1. The van der Waals surface area contributed by atoms with Crippen LogP contribution in [0.1, 0.15) is 49.0 Å². The van der Waals surface area contributed by atoms with Crippen molar-refractivity contribution in [1.29, 1.82) is 5.41 Å². The molecule has 150 valence electrons. The molecular formula is C14H27Cl3N8O. The third-order valence-electron chi connectivity index (χ3n) is 3.48. The molecule has 0 saturated heterocycles. The van der Waals surface area contributed by atoms with Gasteiger partial charge in [0.25, 0.3) is 5.91 Å². The minimum atomic E-state index is -0.613. The number of nitrogens with one attached hydrogen (secondary N) is 1. The molecule has 0 bridgehead atoms. The number of nitrogens with two attached hydrogens (primary N) is 4. The lowest BCUT2D eigenvalue weighted by Gasteiger charge is -2.20. The average Bonchev–Trinajstić information content (AvgIpc) is 2.52. The van der Waals surface area contributed by atoms with Gasteiger partial charge in [0.15, 0.2) is 28.4 Å². The number of aromatic nitrogens is 2. The predicted molar refractivity (Wildman–Crippen MR) is 110 cm³/mol. The van der Waals surface area contributed by atoms with E-state index in [2.05, 4.69) is 9.97 Å². The third-order valence-corrected chi connectivity index (χ3v) is 3.76. The van der Waals surface area contributed by atoms with E-state index in [9.17, 15) is 4.79 Å². The van der Waals surface area contributed by atoms with Crippen LogP contribution in [0.4, 0.5) is 11.6 Å². The molecule has 0 atom stereocenters. The van der Waals surface area contributed by atoms with Gasteiger partial charge in [-0.3, -0.25) is 15.1 Å². The number of guanidine groups is 1. The third kappa shape index (κ3) is 8.22. The number of anilines is 2. The minimum Gasteiger partial charge on any atom is -0.382 e. The first-order valence-electron chi connectivity index (χ1n) is 7.83. The van der Waals surface area contributed by atoms with Crippen LogP contribution >= 0.6 is 36.4 Å². The molecule has 0 aliphatic heterocycles. The summed E-state index contributed by atoms with van der Waals surface area (Å²) in [5, 5.41) is 7.48. The molecule has 1 aromatic rings. The van der Waals surface area contributed by atoms with Gasteiger partial charge in [0.05, 0.1) is 0 Å². The Hall–Kier alpha value is -1.55. The van der Waals surface area contributed by atoms with Crippen molar-refractivity contribution in [3.8, 4) is 0 Å². The Morgan fingerprint density at radius 1 is 1.00 bits per heavy atom. The summed E-state index contributed by atoms with van der Waals surface area (Å²) in [6.45, 7) is 1.01. The smallest absolute Gasteiger partial charge is 0.283 e. The summed E-state index contributed by atoms with van der Waals surface area (Å²) in [5.41, 5.74) is 21.9. The van der Waals surface area contributed by atoms with Gasteiger partial charge in [0.1, 0.15) is 0 Å². The maximum Gasteiger partial charge on any atom is 0.283 e. The number of rotatable bonds is 9.